The minimum absolute atomic E-state index is 0.636. The lowest BCUT2D eigenvalue weighted by molar-refractivity contribution is 0.448. The standard InChI is InChI=1S/C17H24ClN/c18-16-8-7-14-11-17(12-15(14)10-16)19-9-3-6-13-4-1-2-5-13/h7-8,10,13,17,19H,1-6,9,11-12H2. The van der Waals surface area contributed by atoms with Crippen LogP contribution < -0.4 is 5.32 Å². The van der Waals surface area contributed by atoms with Gasteiger partial charge in [-0.05, 0) is 61.4 Å². The molecule has 1 atom stereocenters. The van der Waals surface area contributed by atoms with Crippen molar-refractivity contribution in [3.05, 3.63) is 34.3 Å². The molecule has 2 heteroatoms. The number of hydrogen-bond donors (Lipinski definition) is 1. The predicted molar refractivity (Wildman–Crippen MR) is 81.8 cm³/mol. The average Bonchev–Trinajstić information content (AvgIpc) is 3.02. The van der Waals surface area contributed by atoms with E-state index in [4.69, 9.17) is 11.6 Å². The van der Waals surface area contributed by atoms with Crippen LogP contribution in [0.3, 0.4) is 0 Å². The molecule has 0 heterocycles. The maximum atomic E-state index is 6.05. The molecule has 0 spiro atoms. The van der Waals surface area contributed by atoms with Crippen LogP contribution in [0.5, 0.6) is 0 Å². The van der Waals surface area contributed by atoms with E-state index < -0.39 is 0 Å². The van der Waals surface area contributed by atoms with Crippen LogP contribution in [0.1, 0.15) is 49.7 Å². The molecule has 1 nitrogen and oxygen atoms in total. The topological polar surface area (TPSA) is 12.0 Å². The van der Waals surface area contributed by atoms with Crippen molar-refractivity contribution in [1.29, 1.82) is 0 Å². The zero-order valence-electron chi connectivity index (χ0n) is 11.6. The Kier molecular flexibility index (Phi) is 4.45. The van der Waals surface area contributed by atoms with Gasteiger partial charge in [-0.2, -0.15) is 0 Å². The molecule has 1 N–H and O–H groups in total. The van der Waals surface area contributed by atoms with E-state index in [0.717, 1.165) is 17.4 Å². The second kappa shape index (κ2) is 6.28. The van der Waals surface area contributed by atoms with Crippen LogP contribution in [0.25, 0.3) is 0 Å². The molecule has 0 bridgehead atoms. The van der Waals surface area contributed by atoms with Gasteiger partial charge in [-0.15, -0.1) is 0 Å². The van der Waals surface area contributed by atoms with Crippen LogP contribution in [-0.4, -0.2) is 12.6 Å². The van der Waals surface area contributed by atoms with Gasteiger partial charge in [-0.25, -0.2) is 0 Å². The van der Waals surface area contributed by atoms with Gasteiger partial charge in [0.2, 0.25) is 0 Å². The Labute approximate surface area is 121 Å². The summed E-state index contributed by atoms with van der Waals surface area (Å²) in [6.45, 7) is 1.18. The third-order valence-electron chi connectivity index (χ3n) is 4.80. The molecule has 1 aromatic carbocycles. The van der Waals surface area contributed by atoms with Gasteiger partial charge in [0.1, 0.15) is 0 Å². The second-order valence-corrected chi connectivity index (χ2v) is 6.70. The Morgan fingerprint density at radius 1 is 1.11 bits per heavy atom. The van der Waals surface area contributed by atoms with Gasteiger partial charge < -0.3 is 5.32 Å². The summed E-state index contributed by atoms with van der Waals surface area (Å²) in [6.07, 6.45) is 11.0. The Bertz CT molecular complexity index is 423. The molecular formula is C17H24ClN. The van der Waals surface area contributed by atoms with E-state index in [-0.39, 0.29) is 0 Å². The first-order valence-electron chi connectivity index (χ1n) is 7.82. The van der Waals surface area contributed by atoms with Gasteiger partial charge in [0.25, 0.3) is 0 Å². The summed E-state index contributed by atoms with van der Waals surface area (Å²) in [5, 5.41) is 4.60. The average molecular weight is 278 g/mol. The van der Waals surface area contributed by atoms with Crippen molar-refractivity contribution in [2.45, 2.75) is 57.4 Å². The van der Waals surface area contributed by atoms with Crippen molar-refractivity contribution in [2.24, 2.45) is 5.92 Å². The number of halogens is 1. The summed E-state index contributed by atoms with van der Waals surface area (Å²) >= 11 is 6.05. The minimum atomic E-state index is 0.636. The van der Waals surface area contributed by atoms with E-state index in [2.05, 4.69) is 17.4 Å². The van der Waals surface area contributed by atoms with Crippen LogP contribution >= 0.6 is 11.6 Å². The second-order valence-electron chi connectivity index (χ2n) is 6.27. The van der Waals surface area contributed by atoms with Crippen molar-refractivity contribution in [3.8, 4) is 0 Å². The van der Waals surface area contributed by atoms with Gasteiger partial charge in [0.05, 0.1) is 0 Å². The zero-order valence-corrected chi connectivity index (χ0v) is 12.4. The molecule has 0 aromatic heterocycles. The zero-order chi connectivity index (χ0) is 13.1. The Balaban J connectivity index is 1.38. The van der Waals surface area contributed by atoms with Crippen LogP contribution in [0.4, 0.5) is 0 Å². The molecule has 0 radical (unpaired) electrons. The van der Waals surface area contributed by atoms with Gasteiger partial charge >= 0.3 is 0 Å². The van der Waals surface area contributed by atoms with E-state index in [0.29, 0.717) is 6.04 Å². The highest BCUT2D eigenvalue weighted by Crippen LogP contribution is 2.28. The molecule has 0 aliphatic heterocycles. The number of benzene rings is 1. The summed E-state index contributed by atoms with van der Waals surface area (Å²) < 4.78 is 0. The summed E-state index contributed by atoms with van der Waals surface area (Å²) in [4.78, 5) is 0. The van der Waals surface area contributed by atoms with E-state index in [1.165, 1.54) is 62.6 Å². The highest BCUT2D eigenvalue weighted by molar-refractivity contribution is 6.30. The summed E-state index contributed by atoms with van der Waals surface area (Å²) in [7, 11) is 0. The van der Waals surface area contributed by atoms with Crippen molar-refractivity contribution < 1.29 is 0 Å². The fourth-order valence-electron chi connectivity index (χ4n) is 3.73. The molecule has 1 aromatic rings. The smallest absolute Gasteiger partial charge is 0.0408 e. The van der Waals surface area contributed by atoms with Crippen molar-refractivity contribution in [3.63, 3.8) is 0 Å². The fraction of sp³-hybridized carbons (Fsp3) is 0.647. The lowest BCUT2D eigenvalue weighted by Crippen LogP contribution is -2.30. The molecule has 19 heavy (non-hydrogen) atoms. The SMILES string of the molecule is Clc1ccc2c(c1)CC(NCCCC1CCCC1)C2. The van der Waals surface area contributed by atoms with Crippen LogP contribution in [-0.2, 0) is 12.8 Å². The van der Waals surface area contributed by atoms with Crippen molar-refractivity contribution >= 4 is 11.6 Å². The minimum Gasteiger partial charge on any atom is -0.313 e. The maximum Gasteiger partial charge on any atom is 0.0408 e. The lowest BCUT2D eigenvalue weighted by Gasteiger charge is -2.13. The number of rotatable bonds is 5. The van der Waals surface area contributed by atoms with Gasteiger partial charge in [-0.3, -0.25) is 0 Å². The third-order valence-corrected chi connectivity index (χ3v) is 5.03. The molecule has 1 fully saturated rings. The highest BCUT2D eigenvalue weighted by Gasteiger charge is 2.21. The molecule has 0 saturated heterocycles. The first-order chi connectivity index (χ1) is 9.31. The van der Waals surface area contributed by atoms with E-state index in [9.17, 15) is 0 Å². The molecule has 1 saturated carbocycles. The first-order valence-corrected chi connectivity index (χ1v) is 8.20. The monoisotopic (exact) mass is 277 g/mol. The van der Waals surface area contributed by atoms with Gasteiger partial charge in [0, 0.05) is 11.1 Å². The van der Waals surface area contributed by atoms with E-state index >= 15 is 0 Å². The summed E-state index contributed by atoms with van der Waals surface area (Å²) in [5.74, 6) is 1.03. The first kappa shape index (κ1) is 13.5. The normalized spacial score (nSPS) is 22.9. The Morgan fingerprint density at radius 3 is 2.74 bits per heavy atom. The molecule has 2 aliphatic carbocycles. The summed E-state index contributed by atoms with van der Waals surface area (Å²) in [5.41, 5.74) is 2.93. The Hall–Kier alpha value is -0.530. The van der Waals surface area contributed by atoms with Gasteiger partial charge in [0.15, 0.2) is 0 Å². The number of hydrogen-bond acceptors (Lipinski definition) is 1. The van der Waals surface area contributed by atoms with E-state index in [1.54, 1.807) is 0 Å². The van der Waals surface area contributed by atoms with Crippen molar-refractivity contribution in [2.75, 3.05) is 6.54 Å². The Morgan fingerprint density at radius 2 is 1.89 bits per heavy atom. The molecule has 2 aliphatic rings. The number of nitrogens with one attached hydrogen (secondary N) is 1. The molecular weight excluding hydrogens is 254 g/mol. The molecule has 3 rings (SSSR count). The molecule has 0 amide bonds. The third kappa shape index (κ3) is 3.52. The molecule has 1 unspecified atom stereocenters. The number of fused-ring (bicyclic) bond motifs is 1. The van der Waals surface area contributed by atoms with Gasteiger partial charge in [-0.1, -0.05) is 43.4 Å². The lowest BCUT2D eigenvalue weighted by atomic mass is 10.0. The molecule has 104 valence electrons. The fourth-order valence-corrected chi connectivity index (χ4v) is 3.92. The quantitative estimate of drug-likeness (QED) is 0.788. The van der Waals surface area contributed by atoms with Crippen LogP contribution in [0.15, 0.2) is 18.2 Å². The predicted octanol–water partition coefficient (Wildman–Crippen LogP) is 4.37. The highest BCUT2D eigenvalue weighted by atomic mass is 35.5. The van der Waals surface area contributed by atoms with Crippen LogP contribution in [0, 0.1) is 5.92 Å². The van der Waals surface area contributed by atoms with Crippen molar-refractivity contribution in [1.82, 2.24) is 5.32 Å². The maximum absolute atomic E-state index is 6.05. The van der Waals surface area contributed by atoms with Crippen LogP contribution in [0.2, 0.25) is 5.02 Å². The summed E-state index contributed by atoms with van der Waals surface area (Å²) in [6, 6.07) is 6.98. The van der Waals surface area contributed by atoms with E-state index in [1.807, 2.05) is 6.07 Å². The largest absolute Gasteiger partial charge is 0.313 e.